The number of esters is 1. The Labute approximate surface area is 181 Å². The molecule has 164 valence electrons. The molecule has 0 aliphatic heterocycles. The predicted octanol–water partition coefficient (Wildman–Crippen LogP) is 3.76. The summed E-state index contributed by atoms with van der Waals surface area (Å²) >= 11 is 0. The van der Waals surface area contributed by atoms with Crippen LogP contribution in [0.5, 0.6) is 11.5 Å². The van der Waals surface area contributed by atoms with Gasteiger partial charge >= 0.3 is 5.97 Å². The van der Waals surface area contributed by atoms with Crippen LogP contribution in [0.4, 0.5) is 0 Å². The van der Waals surface area contributed by atoms with Crippen LogP contribution in [0.2, 0.25) is 0 Å². The number of aromatic amines is 1. The van der Waals surface area contributed by atoms with Gasteiger partial charge in [0, 0.05) is 30.1 Å². The molecular formula is C24H28N2O5. The fourth-order valence-electron chi connectivity index (χ4n) is 3.39. The van der Waals surface area contributed by atoms with Crippen LogP contribution in [-0.2, 0) is 27.3 Å². The van der Waals surface area contributed by atoms with Gasteiger partial charge in [-0.3, -0.25) is 9.59 Å². The third kappa shape index (κ3) is 5.78. The number of rotatable bonds is 10. The first-order valence-electron chi connectivity index (χ1n) is 10.2. The lowest BCUT2D eigenvalue weighted by atomic mass is 10.1. The number of fused-ring (bicyclic) bond motifs is 1. The minimum atomic E-state index is -0.860. The smallest absolute Gasteiger partial charge is 0.306 e. The van der Waals surface area contributed by atoms with E-state index in [1.165, 1.54) is 10.9 Å². The van der Waals surface area contributed by atoms with Crippen LogP contribution >= 0.6 is 0 Å². The average Bonchev–Trinajstić information content (AvgIpc) is 3.20. The molecule has 0 saturated heterocycles. The Morgan fingerprint density at radius 3 is 2.61 bits per heavy atom. The third-order valence-corrected chi connectivity index (χ3v) is 5.09. The molecule has 7 nitrogen and oxygen atoms in total. The topological polar surface area (TPSA) is 89.6 Å². The van der Waals surface area contributed by atoms with Crippen molar-refractivity contribution in [1.29, 1.82) is 0 Å². The van der Waals surface area contributed by atoms with Gasteiger partial charge in [0.15, 0.2) is 17.6 Å². The lowest BCUT2D eigenvalue weighted by Gasteiger charge is -2.14. The highest BCUT2D eigenvalue weighted by atomic mass is 16.5. The van der Waals surface area contributed by atoms with Crippen LogP contribution in [0, 0.1) is 0 Å². The summed E-state index contributed by atoms with van der Waals surface area (Å²) in [5, 5.41) is 3.94. The normalized spacial score (nSPS) is 11.7. The van der Waals surface area contributed by atoms with E-state index in [1.54, 1.807) is 33.3 Å². The summed E-state index contributed by atoms with van der Waals surface area (Å²) in [6, 6.07) is 13.5. The van der Waals surface area contributed by atoms with E-state index in [0.717, 1.165) is 17.5 Å². The molecular weight excluding hydrogens is 396 g/mol. The molecule has 1 heterocycles. The van der Waals surface area contributed by atoms with E-state index < -0.39 is 6.10 Å². The SMILES string of the molecule is COc1ccc(CNC(=O)C(C)OC(=O)CCCc2c[nH]c3ccccc23)cc1OC. The molecule has 2 N–H and O–H groups in total. The summed E-state index contributed by atoms with van der Waals surface area (Å²) in [5.74, 6) is 0.477. The Morgan fingerprint density at radius 1 is 1.06 bits per heavy atom. The second kappa shape index (κ2) is 10.5. The Kier molecular flexibility index (Phi) is 7.54. The van der Waals surface area contributed by atoms with Crippen LogP contribution in [-0.4, -0.2) is 37.2 Å². The zero-order valence-electron chi connectivity index (χ0n) is 18.1. The zero-order valence-corrected chi connectivity index (χ0v) is 18.1. The average molecular weight is 424 g/mol. The monoisotopic (exact) mass is 424 g/mol. The maximum Gasteiger partial charge on any atom is 0.306 e. The van der Waals surface area contributed by atoms with Crippen LogP contribution in [0.1, 0.15) is 30.9 Å². The summed E-state index contributed by atoms with van der Waals surface area (Å²) < 4.78 is 15.8. The van der Waals surface area contributed by atoms with Crippen molar-refractivity contribution < 1.29 is 23.8 Å². The fraction of sp³-hybridized carbons (Fsp3) is 0.333. The number of para-hydroxylation sites is 1. The van der Waals surface area contributed by atoms with Gasteiger partial charge in [0.25, 0.3) is 5.91 Å². The first-order valence-corrected chi connectivity index (χ1v) is 10.2. The minimum Gasteiger partial charge on any atom is -0.493 e. The van der Waals surface area contributed by atoms with Crippen molar-refractivity contribution in [1.82, 2.24) is 10.3 Å². The van der Waals surface area contributed by atoms with Crippen molar-refractivity contribution in [3.8, 4) is 11.5 Å². The predicted molar refractivity (Wildman–Crippen MR) is 118 cm³/mol. The zero-order chi connectivity index (χ0) is 22.2. The van der Waals surface area contributed by atoms with Crippen molar-refractivity contribution in [3.05, 3.63) is 59.8 Å². The van der Waals surface area contributed by atoms with Gasteiger partial charge in [0.1, 0.15) is 0 Å². The number of aromatic nitrogens is 1. The number of benzene rings is 2. The summed E-state index contributed by atoms with van der Waals surface area (Å²) in [4.78, 5) is 27.7. The van der Waals surface area contributed by atoms with Gasteiger partial charge in [-0.1, -0.05) is 24.3 Å². The molecule has 0 radical (unpaired) electrons. The molecule has 1 atom stereocenters. The lowest BCUT2D eigenvalue weighted by molar-refractivity contribution is -0.154. The van der Waals surface area contributed by atoms with Gasteiger partial charge in [0.2, 0.25) is 0 Å². The number of carbonyl (C=O) groups excluding carboxylic acids is 2. The Bertz CT molecular complexity index is 1040. The van der Waals surface area contributed by atoms with Crippen molar-refractivity contribution >= 4 is 22.8 Å². The van der Waals surface area contributed by atoms with Gasteiger partial charge in [-0.05, 0) is 49.1 Å². The first-order chi connectivity index (χ1) is 15.0. The highest BCUT2D eigenvalue weighted by Crippen LogP contribution is 2.27. The van der Waals surface area contributed by atoms with Crippen LogP contribution in [0.15, 0.2) is 48.7 Å². The van der Waals surface area contributed by atoms with E-state index in [4.69, 9.17) is 14.2 Å². The fourth-order valence-corrected chi connectivity index (χ4v) is 3.39. The van der Waals surface area contributed by atoms with Gasteiger partial charge in [-0.25, -0.2) is 0 Å². The number of aryl methyl sites for hydroxylation is 1. The van der Waals surface area contributed by atoms with E-state index in [9.17, 15) is 9.59 Å². The highest BCUT2D eigenvalue weighted by Gasteiger charge is 2.18. The number of hydrogen-bond donors (Lipinski definition) is 2. The van der Waals surface area contributed by atoms with Crippen LogP contribution in [0.25, 0.3) is 10.9 Å². The molecule has 0 bridgehead atoms. The van der Waals surface area contributed by atoms with Crippen LogP contribution < -0.4 is 14.8 Å². The lowest BCUT2D eigenvalue weighted by Crippen LogP contribution is -2.35. The molecule has 0 fully saturated rings. The maximum absolute atomic E-state index is 12.3. The van der Waals surface area contributed by atoms with E-state index in [2.05, 4.69) is 16.4 Å². The molecule has 0 spiro atoms. The molecule has 0 aliphatic carbocycles. The van der Waals surface area contributed by atoms with Gasteiger partial charge < -0.3 is 24.5 Å². The largest absolute Gasteiger partial charge is 0.493 e. The van der Waals surface area contributed by atoms with Gasteiger partial charge in [-0.15, -0.1) is 0 Å². The van der Waals surface area contributed by atoms with Crippen molar-refractivity contribution in [2.24, 2.45) is 0 Å². The summed E-state index contributed by atoms with van der Waals surface area (Å²) in [5.41, 5.74) is 3.10. The number of amides is 1. The summed E-state index contributed by atoms with van der Waals surface area (Å²) in [6.45, 7) is 1.86. The molecule has 0 saturated carbocycles. The van der Waals surface area contributed by atoms with E-state index >= 15 is 0 Å². The Morgan fingerprint density at radius 2 is 1.84 bits per heavy atom. The second-order valence-corrected chi connectivity index (χ2v) is 7.25. The summed E-state index contributed by atoms with van der Waals surface area (Å²) in [7, 11) is 3.12. The second-order valence-electron chi connectivity index (χ2n) is 7.25. The van der Waals surface area contributed by atoms with Crippen molar-refractivity contribution in [2.45, 2.75) is 38.8 Å². The summed E-state index contributed by atoms with van der Waals surface area (Å²) in [6.07, 6.45) is 2.79. The van der Waals surface area contributed by atoms with Crippen molar-refractivity contribution in [2.75, 3.05) is 14.2 Å². The van der Waals surface area contributed by atoms with E-state index in [-0.39, 0.29) is 18.3 Å². The molecule has 3 aromatic rings. The van der Waals surface area contributed by atoms with Gasteiger partial charge in [0.05, 0.1) is 14.2 Å². The Balaban J connectivity index is 1.42. The molecule has 31 heavy (non-hydrogen) atoms. The highest BCUT2D eigenvalue weighted by molar-refractivity contribution is 5.84. The number of nitrogens with one attached hydrogen (secondary N) is 2. The number of hydrogen-bond acceptors (Lipinski definition) is 5. The van der Waals surface area contributed by atoms with Crippen LogP contribution in [0.3, 0.4) is 0 Å². The maximum atomic E-state index is 12.3. The standard InChI is InChI=1S/C24H28N2O5/c1-16(24(28)26-14-17-11-12-21(29-2)22(13-17)30-3)31-23(27)10-6-7-18-15-25-20-9-5-4-8-19(18)20/h4-5,8-9,11-13,15-16,25H,6-7,10,14H2,1-3H3,(H,26,28). The number of methoxy groups -OCH3 is 2. The number of ether oxygens (including phenoxy) is 3. The Hall–Kier alpha value is -3.48. The minimum absolute atomic E-state index is 0.257. The first kappa shape index (κ1) is 22.2. The quantitative estimate of drug-likeness (QED) is 0.484. The number of carbonyl (C=O) groups is 2. The molecule has 1 unspecified atom stereocenters. The molecule has 7 heteroatoms. The molecule has 1 aromatic heterocycles. The molecule has 2 aromatic carbocycles. The molecule has 0 aliphatic rings. The molecule has 3 rings (SSSR count). The molecule has 1 amide bonds. The third-order valence-electron chi connectivity index (χ3n) is 5.09. The van der Waals surface area contributed by atoms with Gasteiger partial charge in [-0.2, -0.15) is 0 Å². The van der Waals surface area contributed by atoms with Crippen molar-refractivity contribution in [3.63, 3.8) is 0 Å². The van der Waals surface area contributed by atoms with E-state index in [1.807, 2.05) is 30.5 Å². The van der Waals surface area contributed by atoms with E-state index in [0.29, 0.717) is 24.5 Å². The number of H-pyrrole nitrogens is 1.